The van der Waals surface area contributed by atoms with Crippen LogP contribution in [0.2, 0.25) is 0 Å². The first-order valence-electron chi connectivity index (χ1n) is 7.22. The van der Waals surface area contributed by atoms with E-state index in [0.717, 1.165) is 17.9 Å². The third kappa shape index (κ3) is 3.71. The summed E-state index contributed by atoms with van der Waals surface area (Å²) in [5.74, 6) is 1.56. The van der Waals surface area contributed by atoms with Gasteiger partial charge in [-0.25, -0.2) is 0 Å². The fourth-order valence-corrected chi connectivity index (χ4v) is 2.84. The van der Waals surface area contributed by atoms with Crippen molar-refractivity contribution >= 4 is 0 Å². The summed E-state index contributed by atoms with van der Waals surface area (Å²) in [6.45, 7) is 2.80. The number of para-hydroxylation sites is 1. The third-order valence-corrected chi connectivity index (χ3v) is 3.91. The molecule has 2 rings (SSSR count). The second kappa shape index (κ2) is 6.92. The molecule has 1 aromatic carbocycles. The lowest BCUT2D eigenvalue weighted by Gasteiger charge is -2.25. The third-order valence-electron chi connectivity index (χ3n) is 3.91. The molecule has 1 aliphatic rings. The van der Waals surface area contributed by atoms with Gasteiger partial charge in [-0.2, -0.15) is 0 Å². The average molecular weight is 263 g/mol. The Morgan fingerprint density at radius 2 is 1.95 bits per heavy atom. The van der Waals surface area contributed by atoms with Gasteiger partial charge in [-0.1, -0.05) is 31.0 Å². The molecule has 0 amide bonds. The van der Waals surface area contributed by atoms with Crippen LogP contribution in [0.15, 0.2) is 24.3 Å². The lowest BCUT2D eigenvalue weighted by molar-refractivity contribution is 0.0155. The van der Waals surface area contributed by atoms with Crippen LogP contribution in [0.5, 0.6) is 5.75 Å². The Morgan fingerprint density at radius 3 is 2.58 bits per heavy atom. The van der Waals surface area contributed by atoms with Crippen molar-refractivity contribution in [3.8, 4) is 5.75 Å². The number of hydrogen-bond donors (Lipinski definition) is 1. The quantitative estimate of drug-likeness (QED) is 0.856. The predicted molar refractivity (Wildman–Crippen MR) is 77.3 cm³/mol. The first-order chi connectivity index (χ1) is 9.22. The van der Waals surface area contributed by atoms with Crippen LogP contribution in [0.4, 0.5) is 0 Å². The molecule has 1 aliphatic carbocycles. The van der Waals surface area contributed by atoms with Crippen LogP contribution in [-0.2, 0) is 4.74 Å². The number of ether oxygens (including phenoxy) is 2. The van der Waals surface area contributed by atoms with E-state index < -0.39 is 0 Å². The van der Waals surface area contributed by atoms with Crippen molar-refractivity contribution < 1.29 is 9.47 Å². The van der Waals surface area contributed by atoms with Gasteiger partial charge in [-0.15, -0.1) is 0 Å². The van der Waals surface area contributed by atoms with Gasteiger partial charge in [0.15, 0.2) is 0 Å². The minimum atomic E-state index is -0.0863. The van der Waals surface area contributed by atoms with Gasteiger partial charge < -0.3 is 15.2 Å². The van der Waals surface area contributed by atoms with E-state index in [9.17, 15) is 0 Å². The van der Waals surface area contributed by atoms with E-state index in [2.05, 4.69) is 0 Å². The highest BCUT2D eigenvalue weighted by atomic mass is 16.5. The van der Waals surface area contributed by atoms with E-state index in [0.29, 0.717) is 5.92 Å². The van der Waals surface area contributed by atoms with Crippen LogP contribution in [-0.4, -0.2) is 19.8 Å². The van der Waals surface area contributed by atoms with Crippen molar-refractivity contribution in [2.75, 3.05) is 13.7 Å². The molecule has 1 aromatic rings. The van der Waals surface area contributed by atoms with Crippen LogP contribution in [0, 0.1) is 5.92 Å². The number of benzene rings is 1. The zero-order valence-electron chi connectivity index (χ0n) is 12.0. The monoisotopic (exact) mass is 263 g/mol. The zero-order chi connectivity index (χ0) is 13.7. The van der Waals surface area contributed by atoms with E-state index in [1.54, 1.807) is 7.11 Å². The maximum atomic E-state index is 6.11. The van der Waals surface area contributed by atoms with Crippen LogP contribution in [0.1, 0.15) is 44.3 Å². The molecule has 3 heteroatoms. The summed E-state index contributed by atoms with van der Waals surface area (Å²) in [6.07, 6.45) is 5.17. The molecule has 3 nitrogen and oxygen atoms in total. The van der Waals surface area contributed by atoms with Gasteiger partial charge >= 0.3 is 0 Å². The van der Waals surface area contributed by atoms with E-state index in [1.165, 1.54) is 25.7 Å². The molecular weight excluding hydrogens is 238 g/mol. The smallest absolute Gasteiger partial charge is 0.124 e. The molecule has 0 heterocycles. The highest BCUT2D eigenvalue weighted by Crippen LogP contribution is 2.32. The first-order valence-corrected chi connectivity index (χ1v) is 7.22. The maximum Gasteiger partial charge on any atom is 0.124 e. The topological polar surface area (TPSA) is 44.5 Å². The van der Waals surface area contributed by atoms with Gasteiger partial charge in [0.1, 0.15) is 11.9 Å². The van der Waals surface area contributed by atoms with E-state index in [1.807, 2.05) is 31.2 Å². The second-order valence-corrected chi connectivity index (χ2v) is 5.51. The number of nitrogens with two attached hydrogens (primary N) is 1. The highest BCUT2D eigenvalue weighted by molar-refractivity contribution is 5.35. The molecule has 2 atom stereocenters. The molecule has 0 aliphatic heterocycles. The van der Waals surface area contributed by atoms with E-state index in [-0.39, 0.29) is 12.1 Å². The Bertz CT molecular complexity index is 386. The summed E-state index contributed by atoms with van der Waals surface area (Å²) in [5.41, 5.74) is 7.15. The summed E-state index contributed by atoms with van der Waals surface area (Å²) < 4.78 is 11.5. The van der Waals surface area contributed by atoms with Crippen molar-refractivity contribution in [2.45, 2.75) is 44.8 Å². The molecule has 0 radical (unpaired) electrons. The minimum Gasteiger partial charge on any atom is -0.496 e. The normalized spacial score (nSPS) is 19.3. The van der Waals surface area contributed by atoms with Crippen molar-refractivity contribution in [1.29, 1.82) is 0 Å². The molecule has 1 saturated carbocycles. The first kappa shape index (κ1) is 14.4. The van der Waals surface area contributed by atoms with Gasteiger partial charge in [0, 0.05) is 11.6 Å². The molecule has 0 bridgehead atoms. The second-order valence-electron chi connectivity index (χ2n) is 5.51. The fraction of sp³-hybridized carbons (Fsp3) is 0.625. The predicted octanol–water partition coefficient (Wildman–Crippen LogP) is 3.29. The molecule has 2 N–H and O–H groups in total. The molecule has 106 valence electrons. The molecule has 19 heavy (non-hydrogen) atoms. The highest BCUT2D eigenvalue weighted by Gasteiger charge is 2.23. The zero-order valence-corrected chi connectivity index (χ0v) is 12.0. The largest absolute Gasteiger partial charge is 0.496 e. The SMILES string of the molecule is COc1ccccc1C(OCC1CCCC1)C(C)N. The average Bonchev–Trinajstić information content (AvgIpc) is 2.92. The Hall–Kier alpha value is -1.06. The van der Waals surface area contributed by atoms with Crippen molar-refractivity contribution in [3.05, 3.63) is 29.8 Å². The summed E-state index contributed by atoms with van der Waals surface area (Å²) in [4.78, 5) is 0. The molecule has 0 saturated heterocycles. The van der Waals surface area contributed by atoms with Crippen LogP contribution in [0.25, 0.3) is 0 Å². The Labute approximate surface area is 116 Å². The van der Waals surface area contributed by atoms with Crippen LogP contribution in [0.3, 0.4) is 0 Å². The van der Waals surface area contributed by atoms with Gasteiger partial charge in [0.2, 0.25) is 0 Å². The Kier molecular flexibility index (Phi) is 5.23. The van der Waals surface area contributed by atoms with Crippen molar-refractivity contribution in [2.24, 2.45) is 11.7 Å². The molecule has 0 aromatic heterocycles. The van der Waals surface area contributed by atoms with Crippen LogP contribution < -0.4 is 10.5 Å². The summed E-state index contributed by atoms with van der Waals surface area (Å²) in [5, 5.41) is 0. The van der Waals surface area contributed by atoms with E-state index >= 15 is 0 Å². The van der Waals surface area contributed by atoms with Gasteiger partial charge in [0.25, 0.3) is 0 Å². The maximum absolute atomic E-state index is 6.11. The van der Waals surface area contributed by atoms with Gasteiger partial charge in [0.05, 0.1) is 13.7 Å². The minimum absolute atomic E-state index is 0.0438. The fourth-order valence-electron chi connectivity index (χ4n) is 2.84. The van der Waals surface area contributed by atoms with Crippen LogP contribution >= 0.6 is 0 Å². The van der Waals surface area contributed by atoms with Crippen molar-refractivity contribution in [3.63, 3.8) is 0 Å². The Balaban J connectivity index is 2.05. The number of hydrogen-bond acceptors (Lipinski definition) is 3. The molecule has 2 unspecified atom stereocenters. The van der Waals surface area contributed by atoms with Gasteiger partial charge in [-0.3, -0.25) is 0 Å². The van der Waals surface area contributed by atoms with Gasteiger partial charge in [-0.05, 0) is 31.7 Å². The summed E-state index contributed by atoms with van der Waals surface area (Å²) >= 11 is 0. The lowest BCUT2D eigenvalue weighted by Crippen LogP contribution is -2.28. The molecule has 1 fully saturated rings. The summed E-state index contributed by atoms with van der Waals surface area (Å²) in [7, 11) is 1.69. The molecular formula is C16H25NO2. The standard InChI is InChI=1S/C16H25NO2/c1-12(17)16(19-11-13-7-3-4-8-13)14-9-5-6-10-15(14)18-2/h5-6,9-10,12-13,16H,3-4,7-8,11,17H2,1-2H3. The van der Waals surface area contributed by atoms with E-state index in [4.69, 9.17) is 15.2 Å². The Morgan fingerprint density at radius 1 is 1.26 bits per heavy atom. The van der Waals surface area contributed by atoms with Crippen molar-refractivity contribution in [1.82, 2.24) is 0 Å². The summed E-state index contributed by atoms with van der Waals surface area (Å²) in [6, 6.07) is 7.94. The molecule has 0 spiro atoms. The number of methoxy groups -OCH3 is 1. The number of rotatable bonds is 6. The lowest BCUT2D eigenvalue weighted by atomic mass is 10.0.